The maximum Gasteiger partial charge on any atom is 0.146 e. The van der Waals surface area contributed by atoms with E-state index in [0.717, 1.165) is 6.42 Å². The molecular formula is C14H17NO. The van der Waals surface area contributed by atoms with Crippen molar-refractivity contribution in [3.8, 4) is 0 Å². The first-order valence-electron chi connectivity index (χ1n) is 5.63. The molecule has 1 aliphatic carbocycles. The molecule has 0 amide bonds. The van der Waals surface area contributed by atoms with Crippen molar-refractivity contribution < 1.29 is 4.79 Å². The lowest BCUT2D eigenvalue weighted by Crippen LogP contribution is -2.28. The molecule has 1 atom stereocenters. The summed E-state index contributed by atoms with van der Waals surface area (Å²) >= 11 is 0. The number of benzene rings is 1. The quantitative estimate of drug-likeness (QED) is 0.840. The molecule has 0 aliphatic heterocycles. The molecular weight excluding hydrogens is 198 g/mol. The van der Waals surface area contributed by atoms with Gasteiger partial charge in [-0.15, -0.1) is 0 Å². The summed E-state index contributed by atoms with van der Waals surface area (Å²) < 4.78 is 0. The van der Waals surface area contributed by atoms with Crippen molar-refractivity contribution >= 4 is 11.4 Å². The number of Topliss-reactive ketones (excluding diaryl/α,β-unsaturated/α-hetero) is 1. The summed E-state index contributed by atoms with van der Waals surface area (Å²) in [5.41, 5.74) is 10.9. The first-order chi connectivity index (χ1) is 7.58. The number of carbonyl (C=O) groups excluding carboxylic acids is 1. The fourth-order valence-electron chi connectivity index (χ4n) is 2.08. The maximum absolute atomic E-state index is 11.2. The molecule has 0 saturated carbocycles. The highest BCUT2D eigenvalue weighted by Crippen LogP contribution is 2.31. The normalized spacial score (nSPS) is 15.6. The summed E-state index contributed by atoms with van der Waals surface area (Å²) in [6.07, 6.45) is 3.81. The Morgan fingerprint density at radius 3 is 2.94 bits per heavy atom. The van der Waals surface area contributed by atoms with Crippen LogP contribution in [0.15, 0.2) is 24.3 Å². The van der Waals surface area contributed by atoms with E-state index < -0.39 is 0 Å². The molecule has 84 valence electrons. The van der Waals surface area contributed by atoms with E-state index in [1.807, 2.05) is 0 Å². The van der Waals surface area contributed by atoms with Crippen LogP contribution in [0, 0.1) is 6.92 Å². The summed E-state index contributed by atoms with van der Waals surface area (Å²) in [5.74, 6) is 0.0574. The Morgan fingerprint density at radius 1 is 1.50 bits per heavy atom. The molecule has 0 unspecified atom stereocenters. The van der Waals surface area contributed by atoms with Gasteiger partial charge in [0.15, 0.2) is 0 Å². The highest BCUT2D eigenvalue weighted by atomic mass is 16.1. The van der Waals surface area contributed by atoms with Gasteiger partial charge in [0.1, 0.15) is 5.78 Å². The Morgan fingerprint density at radius 2 is 2.25 bits per heavy atom. The Kier molecular flexibility index (Phi) is 2.92. The largest absolute Gasteiger partial charge is 0.321 e. The predicted molar refractivity (Wildman–Crippen MR) is 66.1 cm³/mol. The van der Waals surface area contributed by atoms with E-state index in [2.05, 4.69) is 31.2 Å². The molecule has 2 rings (SSSR count). The average Bonchev–Trinajstić information content (AvgIpc) is 2.61. The van der Waals surface area contributed by atoms with Crippen LogP contribution >= 0.6 is 0 Å². The molecule has 1 aromatic carbocycles. The van der Waals surface area contributed by atoms with Crippen molar-refractivity contribution in [1.29, 1.82) is 0 Å². The lowest BCUT2D eigenvalue weighted by Gasteiger charge is -2.11. The summed E-state index contributed by atoms with van der Waals surface area (Å²) in [6, 6.07) is 6.10. The topological polar surface area (TPSA) is 43.1 Å². The molecule has 0 spiro atoms. The molecule has 1 aliphatic rings. The molecule has 0 bridgehead atoms. The zero-order valence-electron chi connectivity index (χ0n) is 9.79. The van der Waals surface area contributed by atoms with Crippen LogP contribution in [0.5, 0.6) is 0 Å². The van der Waals surface area contributed by atoms with Crippen LogP contribution in [0.3, 0.4) is 0 Å². The van der Waals surface area contributed by atoms with Crippen molar-refractivity contribution in [1.82, 2.24) is 0 Å². The van der Waals surface area contributed by atoms with Crippen LogP contribution in [-0.4, -0.2) is 11.8 Å². The summed E-state index contributed by atoms with van der Waals surface area (Å²) in [7, 11) is 0. The molecule has 0 radical (unpaired) electrons. The molecule has 0 aromatic heterocycles. The van der Waals surface area contributed by atoms with E-state index in [4.69, 9.17) is 5.73 Å². The predicted octanol–water partition coefficient (Wildman–Crippen LogP) is 2.24. The minimum absolute atomic E-state index is 0.0574. The van der Waals surface area contributed by atoms with Gasteiger partial charge in [0, 0.05) is 0 Å². The van der Waals surface area contributed by atoms with Crippen LogP contribution in [-0.2, 0) is 11.2 Å². The van der Waals surface area contributed by atoms with Crippen LogP contribution in [0.25, 0.3) is 5.57 Å². The molecule has 2 nitrogen and oxygen atoms in total. The SMILES string of the molecule is CC(=O)[C@H](N)CC1=CCc2ccc(C)cc21. The third kappa shape index (κ3) is 2.07. The van der Waals surface area contributed by atoms with Gasteiger partial charge >= 0.3 is 0 Å². The lowest BCUT2D eigenvalue weighted by molar-refractivity contribution is -0.118. The Balaban J connectivity index is 2.22. The second-order valence-electron chi connectivity index (χ2n) is 4.52. The van der Waals surface area contributed by atoms with Gasteiger partial charge in [-0.2, -0.15) is 0 Å². The fourth-order valence-corrected chi connectivity index (χ4v) is 2.08. The van der Waals surface area contributed by atoms with Gasteiger partial charge in [0.25, 0.3) is 0 Å². The van der Waals surface area contributed by atoms with Crippen molar-refractivity contribution in [2.45, 2.75) is 32.7 Å². The van der Waals surface area contributed by atoms with Crippen LogP contribution in [0.1, 0.15) is 30.0 Å². The monoisotopic (exact) mass is 215 g/mol. The first-order valence-corrected chi connectivity index (χ1v) is 5.63. The zero-order valence-corrected chi connectivity index (χ0v) is 9.79. The molecule has 2 N–H and O–H groups in total. The number of rotatable bonds is 3. The molecule has 0 heterocycles. The van der Waals surface area contributed by atoms with Gasteiger partial charge in [0.2, 0.25) is 0 Å². The number of carbonyl (C=O) groups is 1. The number of aryl methyl sites for hydroxylation is 1. The number of allylic oxidation sites excluding steroid dienone is 1. The highest BCUT2D eigenvalue weighted by molar-refractivity contribution is 5.85. The Hall–Kier alpha value is -1.41. The standard InChI is InChI=1S/C14H17NO/c1-9-3-4-11-5-6-12(13(11)7-9)8-14(15)10(2)16/h3-4,6-7,14H,5,8,15H2,1-2H3/t14-/m1/s1. The second kappa shape index (κ2) is 4.22. The van der Waals surface area contributed by atoms with E-state index in [-0.39, 0.29) is 11.8 Å². The van der Waals surface area contributed by atoms with Gasteiger partial charge in [0.05, 0.1) is 6.04 Å². The number of hydrogen-bond donors (Lipinski definition) is 1. The zero-order chi connectivity index (χ0) is 11.7. The van der Waals surface area contributed by atoms with Crippen molar-refractivity contribution in [2.24, 2.45) is 5.73 Å². The first kappa shape index (κ1) is 11.1. The van der Waals surface area contributed by atoms with E-state index in [1.54, 1.807) is 6.92 Å². The molecule has 16 heavy (non-hydrogen) atoms. The molecule has 1 aromatic rings. The number of fused-ring (bicyclic) bond motifs is 1. The summed E-state index contributed by atoms with van der Waals surface area (Å²) in [4.78, 5) is 11.2. The van der Waals surface area contributed by atoms with Crippen molar-refractivity contribution in [3.05, 3.63) is 41.0 Å². The second-order valence-corrected chi connectivity index (χ2v) is 4.52. The van der Waals surface area contributed by atoms with Gasteiger partial charge in [-0.25, -0.2) is 0 Å². The van der Waals surface area contributed by atoms with Crippen molar-refractivity contribution in [2.75, 3.05) is 0 Å². The maximum atomic E-state index is 11.2. The Labute approximate surface area is 96.2 Å². The molecule has 0 fully saturated rings. The van der Waals surface area contributed by atoms with Gasteiger partial charge in [-0.1, -0.05) is 29.8 Å². The average molecular weight is 215 g/mol. The van der Waals surface area contributed by atoms with E-state index in [1.165, 1.54) is 22.3 Å². The number of ketones is 1. The summed E-state index contributed by atoms with van der Waals surface area (Å²) in [5, 5.41) is 0. The lowest BCUT2D eigenvalue weighted by atomic mass is 9.97. The van der Waals surface area contributed by atoms with E-state index >= 15 is 0 Å². The minimum Gasteiger partial charge on any atom is -0.321 e. The van der Waals surface area contributed by atoms with Crippen LogP contribution in [0.2, 0.25) is 0 Å². The van der Waals surface area contributed by atoms with Crippen LogP contribution in [0.4, 0.5) is 0 Å². The van der Waals surface area contributed by atoms with Gasteiger partial charge in [-0.05, 0) is 43.4 Å². The number of hydrogen-bond acceptors (Lipinski definition) is 2. The van der Waals surface area contributed by atoms with Gasteiger partial charge < -0.3 is 5.73 Å². The third-order valence-electron chi connectivity index (χ3n) is 3.14. The minimum atomic E-state index is -0.363. The van der Waals surface area contributed by atoms with Crippen LogP contribution < -0.4 is 5.73 Å². The van der Waals surface area contributed by atoms with Crippen molar-refractivity contribution in [3.63, 3.8) is 0 Å². The van der Waals surface area contributed by atoms with E-state index in [9.17, 15) is 4.79 Å². The Bertz CT molecular complexity index is 460. The molecule has 0 saturated heterocycles. The fraction of sp³-hybridized carbons (Fsp3) is 0.357. The van der Waals surface area contributed by atoms with Gasteiger partial charge in [-0.3, -0.25) is 4.79 Å². The highest BCUT2D eigenvalue weighted by Gasteiger charge is 2.18. The third-order valence-corrected chi connectivity index (χ3v) is 3.14. The number of nitrogens with two attached hydrogens (primary N) is 1. The smallest absolute Gasteiger partial charge is 0.146 e. The molecule has 2 heteroatoms. The summed E-state index contributed by atoms with van der Waals surface area (Å²) in [6.45, 7) is 3.64. The van der Waals surface area contributed by atoms with E-state index in [0.29, 0.717) is 6.42 Å².